The van der Waals surface area contributed by atoms with Crippen LogP contribution in [0.25, 0.3) is 0 Å². The molecular formula is C20H17ClN2O4S. The summed E-state index contributed by atoms with van der Waals surface area (Å²) >= 11 is 6.06. The number of hydrogen-bond donors (Lipinski definition) is 2. The van der Waals surface area contributed by atoms with E-state index < -0.39 is 10.0 Å². The molecule has 0 saturated carbocycles. The first-order valence-electron chi connectivity index (χ1n) is 8.22. The molecule has 3 aromatic carbocycles. The first-order valence-corrected chi connectivity index (χ1v) is 10.5. The Morgan fingerprint density at radius 2 is 1.57 bits per heavy atom. The van der Waals surface area contributed by atoms with Gasteiger partial charge in [0, 0.05) is 11.3 Å². The van der Waals surface area contributed by atoms with Gasteiger partial charge in [0.2, 0.25) is 10.0 Å². The normalized spacial score (nSPS) is 10.9. The van der Waals surface area contributed by atoms with E-state index in [1.54, 1.807) is 24.3 Å². The second kappa shape index (κ2) is 8.33. The molecule has 0 atom stereocenters. The lowest BCUT2D eigenvalue weighted by atomic mass is 10.2. The zero-order chi connectivity index (χ0) is 20.1. The number of amides is 1. The number of hydrogen-bond acceptors (Lipinski definition) is 4. The molecule has 0 aromatic heterocycles. The number of carbonyl (C=O) groups excluding carboxylic acids is 1. The van der Waals surface area contributed by atoms with Crippen LogP contribution in [-0.2, 0) is 10.0 Å². The van der Waals surface area contributed by atoms with E-state index in [4.69, 9.17) is 16.3 Å². The number of benzene rings is 3. The van der Waals surface area contributed by atoms with Gasteiger partial charge >= 0.3 is 0 Å². The van der Waals surface area contributed by atoms with Crippen LogP contribution in [0.5, 0.6) is 11.5 Å². The molecular weight excluding hydrogens is 400 g/mol. The van der Waals surface area contributed by atoms with Crippen LogP contribution in [-0.4, -0.2) is 20.6 Å². The highest BCUT2D eigenvalue weighted by molar-refractivity contribution is 7.92. The minimum Gasteiger partial charge on any atom is -0.457 e. The van der Waals surface area contributed by atoms with Crippen molar-refractivity contribution in [1.82, 2.24) is 0 Å². The van der Waals surface area contributed by atoms with Crippen LogP contribution in [0.15, 0.2) is 72.8 Å². The van der Waals surface area contributed by atoms with E-state index in [1.165, 1.54) is 18.2 Å². The fraction of sp³-hybridized carbons (Fsp3) is 0.0500. The summed E-state index contributed by atoms with van der Waals surface area (Å²) in [6.07, 6.45) is 1.02. The molecule has 0 fully saturated rings. The molecule has 0 saturated heterocycles. The SMILES string of the molecule is CS(=O)(=O)Nc1ccc(C(=O)Nc2ccc(Oc3ccccc3)cc2)cc1Cl. The van der Waals surface area contributed by atoms with Gasteiger partial charge in [-0.2, -0.15) is 0 Å². The molecule has 2 N–H and O–H groups in total. The molecule has 3 rings (SSSR count). The molecule has 0 aliphatic heterocycles. The maximum Gasteiger partial charge on any atom is 0.255 e. The third-order valence-electron chi connectivity index (χ3n) is 3.62. The van der Waals surface area contributed by atoms with Crippen molar-refractivity contribution in [2.75, 3.05) is 16.3 Å². The molecule has 8 heteroatoms. The monoisotopic (exact) mass is 416 g/mol. The van der Waals surface area contributed by atoms with Gasteiger partial charge in [0.05, 0.1) is 17.0 Å². The van der Waals surface area contributed by atoms with Gasteiger partial charge in [-0.3, -0.25) is 9.52 Å². The minimum atomic E-state index is -3.45. The van der Waals surface area contributed by atoms with Gasteiger partial charge < -0.3 is 10.1 Å². The highest BCUT2D eigenvalue weighted by atomic mass is 35.5. The van der Waals surface area contributed by atoms with Crippen molar-refractivity contribution in [2.45, 2.75) is 0 Å². The molecule has 0 aliphatic carbocycles. The van der Waals surface area contributed by atoms with Crippen molar-refractivity contribution in [3.8, 4) is 11.5 Å². The van der Waals surface area contributed by atoms with E-state index >= 15 is 0 Å². The highest BCUT2D eigenvalue weighted by Gasteiger charge is 2.11. The van der Waals surface area contributed by atoms with Crippen molar-refractivity contribution in [1.29, 1.82) is 0 Å². The van der Waals surface area contributed by atoms with Crippen LogP contribution in [0.3, 0.4) is 0 Å². The van der Waals surface area contributed by atoms with Crippen LogP contribution in [0.4, 0.5) is 11.4 Å². The zero-order valence-electron chi connectivity index (χ0n) is 14.8. The van der Waals surface area contributed by atoms with Gasteiger partial charge in [0.15, 0.2) is 0 Å². The molecule has 1 amide bonds. The summed E-state index contributed by atoms with van der Waals surface area (Å²) in [5.41, 5.74) is 1.09. The molecule has 0 bridgehead atoms. The number of sulfonamides is 1. The Labute approximate surface area is 168 Å². The standard InChI is InChI=1S/C20H17ClN2O4S/c1-28(25,26)23-19-12-7-14(13-18(19)21)20(24)22-15-8-10-17(11-9-15)27-16-5-3-2-4-6-16/h2-13,23H,1H3,(H,22,24). The first-order chi connectivity index (χ1) is 13.3. The number of para-hydroxylation sites is 1. The molecule has 144 valence electrons. The number of nitrogens with one attached hydrogen (secondary N) is 2. The van der Waals surface area contributed by atoms with Crippen LogP contribution < -0.4 is 14.8 Å². The van der Waals surface area contributed by atoms with Crippen LogP contribution >= 0.6 is 11.6 Å². The summed E-state index contributed by atoms with van der Waals surface area (Å²) in [5.74, 6) is 0.990. The number of anilines is 2. The van der Waals surface area contributed by atoms with Crippen LogP contribution in [0.2, 0.25) is 5.02 Å². The molecule has 0 aliphatic rings. The van der Waals surface area contributed by atoms with Crippen molar-refractivity contribution < 1.29 is 17.9 Å². The van der Waals surface area contributed by atoms with Crippen molar-refractivity contribution >= 4 is 38.9 Å². The molecule has 0 radical (unpaired) electrons. The molecule has 28 heavy (non-hydrogen) atoms. The van der Waals surface area contributed by atoms with E-state index in [2.05, 4.69) is 10.0 Å². The number of ether oxygens (including phenoxy) is 1. The molecule has 0 unspecified atom stereocenters. The Hall–Kier alpha value is -3.03. The fourth-order valence-electron chi connectivity index (χ4n) is 2.37. The smallest absolute Gasteiger partial charge is 0.255 e. The molecule has 0 heterocycles. The number of carbonyl (C=O) groups is 1. The van der Waals surface area contributed by atoms with E-state index in [-0.39, 0.29) is 16.6 Å². The van der Waals surface area contributed by atoms with E-state index in [0.29, 0.717) is 17.0 Å². The second-order valence-electron chi connectivity index (χ2n) is 5.96. The van der Waals surface area contributed by atoms with Crippen molar-refractivity contribution in [3.63, 3.8) is 0 Å². The summed E-state index contributed by atoms with van der Waals surface area (Å²) in [6.45, 7) is 0. The summed E-state index contributed by atoms with van der Waals surface area (Å²) in [5, 5.41) is 2.88. The second-order valence-corrected chi connectivity index (χ2v) is 8.12. The maximum absolute atomic E-state index is 12.4. The van der Waals surface area contributed by atoms with Gasteiger partial charge in [-0.15, -0.1) is 0 Å². The molecule has 0 spiro atoms. The van der Waals surface area contributed by atoms with Gasteiger partial charge in [-0.05, 0) is 54.6 Å². The largest absolute Gasteiger partial charge is 0.457 e. The minimum absolute atomic E-state index is 0.129. The predicted octanol–water partition coefficient (Wildman–Crippen LogP) is 4.76. The van der Waals surface area contributed by atoms with Gasteiger partial charge in [0.25, 0.3) is 5.91 Å². The van der Waals surface area contributed by atoms with E-state index in [9.17, 15) is 13.2 Å². The van der Waals surface area contributed by atoms with Crippen LogP contribution in [0.1, 0.15) is 10.4 Å². The third-order valence-corrected chi connectivity index (χ3v) is 4.52. The highest BCUT2D eigenvalue weighted by Crippen LogP contribution is 2.25. The van der Waals surface area contributed by atoms with Crippen molar-refractivity contribution in [3.05, 3.63) is 83.4 Å². The van der Waals surface area contributed by atoms with Crippen molar-refractivity contribution in [2.24, 2.45) is 0 Å². The summed E-state index contributed by atoms with van der Waals surface area (Å²) in [6, 6.07) is 20.6. The average Bonchev–Trinajstić information content (AvgIpc) is 2.65. The van der Waals surface area contributed by atoms with Crippen LogP contribution in [0, 0.1) is 0 Å². The lowest BCUT2D eigenvalue weighted by Crippen LogP contribution is -2.13. The fourth-order valence-corrected chi connectivity index (χ4v) is 3.23. The topological polar surface area (TPSA) is 84.5 Å². The lowest BCUT2D eigenvalue weighted by Gasteiger charge is -2.10. The van der Waals surface area contributed by atoms with Gasteiger partial charge in [-0.25, -0.2) is 8.42 Å². The summed E-state index contributed by atoms with van der Waals surface area (Å²) < 4.78 is 30.6. The quantitative estimate of drug-likeness (QED) is 0.607. The third kappa shape index (κ3) is 5.48. The number of halogens is 1. The Morgan fingerprint density at radius 3 is 2.18 bits per heavy atom. The summed E-state index contributed by atoms with van der Waals surface area (Å²) in [4.78, 5) is 12.4. The maximum atomic E-state index is 12.4. The molecule has 6 nitrogen and oxygen atoms in total. The number of rotatable bonds is 6. The predicted molar refractivity (Wildman–Crippen MR) is 111 cm³/mol. The first kappa shape index (κ1) is 19.7. The Morgan fingerprint density at radius 1 is 0.929 bits per heavy atom. The van der Waals surface area contributed by atoms with E-state index in [1.807, 2.05) is 30.3 Å². The zero-order valence-corrected chi connectivity index (χ0v) is 16.4. The van der Waals surface area contributed by atoms with Gasteiger partial charge in [-0.1, -0.05) is 29.8 Å². The Bertz CT molecular complexity index is 1080. The molecule has 3 aromatic rings. The Balaban J connectivity index is 1.66. The summed E-state index contributed by atoms with van der Waals surface area (Å²) in [7, 11) is -3.45. The van der Waals surface area contributed by atoms with E-state index in [0.717, 1.165) is 12.0 Å². The average molecular weight is 417 g/mol. The Kier molecular flexibility index (Phi) is 5.87. The lowest BCUT2D eigenvalue weighted by molar-refractivity contribution is 0.102. The van der Waals surface area contributed by atoms with Gasteiger partial charge in [0.1, 0.15) is 11.5 Å².